The van der Waals surface area contributed by atoms with Gasteiger partial charge in [0.25, 0.3) is 0 Å². The Bertz CT molecular complexity index is 361. The largest absolute Gasteiger partial charge is 0.496 e. The fourth-order valence-corrected chi connectivity index (χ4v) is 1.76. The Morgan fingerprint density at radius 2 is 1.93 bits per heavy atom. The quantitative estimate of drug-likeness (QED) is 0.713. The van der Waals surface area contributed by atoms with Gasteiger partial charge in [0.05, 0.1) is 14.2 Å². The molecule has 1 aliphatic carbocycles. The van der Waals surface area contributed by atoms with Gasteiger partial charge in [-0.3, -0.25) is 4.79 Å². The van der Waals surface area contributed by atoms with Crippen LogP contribution in [0.15, 0.2) is 35.3 Å². The summed E-state index contributed by atoms with van der Waals surface area (Å²) in [5.41, 5.74) is 1.58. The average Bonchev–Trinajstić information content (AvgIpc) is 2.23. The van der Waals surface area contributed by atoms with Crippen molar-refractivity contribution >= 4 is 5.78 Å². The number of ketones is 1. The zero-order valence-electron chi connectivity index (χ0n) is 9.59. The summed E-state index contributed by atoms with van der Waals surface area (Å²) in [4.78, 5) is 11.9. The Kier molecular flexibility index (Phi) is 3.35. The van der Waals surface area contributed by atoms with E-state index in [-0.39, 0.29) is 17.5 Å². The Morgan fingerprint density at radius 1 is 1.33 bits per heavy atom. The van der Waals surface area contributed by atoms with Crippen LogP contribution in [0.4, 0.5) is 0 Å². The van der Waals surface area contributed by atoms with E-state index in [2.05, 4.69) is 6.58 Å². The number of methoxy groups -OCH3 is 2. The third-order valence-corrected chi connectivity index (χ3v) is 2.77. The minimum Gasteiger partial charge on any atom is -0.496 e. The first-order valence-corrected chi connectivity index (χ1v) is 4.78. The molecule has 1 unspecified atom stereocenters. The molecule has 1 rings (SSSR count). The molecule has 3 nitrogen and oxygen atoms in total. The van der Waals surface area contributed by atoms with Crippen LogP contribution < -0.4 is 0 Å². The summed E-state index contributed by atoms with van der Waals surface area (Å²) in [7, 11) is 3.02. The normalized spacial score (nSPS) is 21.9. The van der Waals surface area contributed by atoms with Gasteiger partial charge in [-0.1, -0.05) is 25.2 Å². The summed E-state index contributed by atoms with van der Waals surface area (Å²) in [5.74, 6) is 0.770. The van der Waals surface area contributed by atoms with Gasteiger partial charge in [0.1, 0.15) is 5.76 Å². The standard InChI is InChI=1S/C12H16O3/c1-6-9-7(2)8(3)11(14-4)12(15-5)10(9)13/h6,8H,1H2,2-5H3. The summed E-state index contributed by atoms with van der Waals surface area (Å²) >= 11 is 0. The van der Waals surface area contributed by atoms with Crippen LogP contribution in [0.3, 0.4) is 0 Å². The molecular weight excluding hydrogens is 192 g/mol. The molecular formula is C12H16O3. The summed E-state index contributed by atoms with van der Waals surface area (Å²) in [5, 5.41) is 0. The Morgan fingerprint density at radius 3 is 2.33 bits per heavy atom. The third kappa shape index (κ3) is 1.69. The lowest BCUT2D eigenvalue weighted by molar-refractivity contribution is -0.115. The lowest BCUT2D eigenvalue weighted by Gasteiger charge is -2.25. The monoisotopic (exact) mass is 208 g/mol. The van der Waals surface area contributed by atoms with Gasteiger partial charge in [-0.05, 0) is 6.92 Å². The van der Waals surface area contributed by atoms with Gasteiger partial charge in [0.15, 0.2) is 0 Å². The average molecular weight is 208 g/mol. The molecule has 0 amide bonds. The molecule has 0 aromatic rings. The molecule has 15 heavy (non-hydrogen) atoms. The number of hydrogen-bond acceptors (Lipinski definition) is 3. The minimum absolute atomic E-state index is 0.0515. The van der Waals surface area contributed by atoms with E-state index >= 15 is 0 Å². The molecule has 0 fully saturated rings. The first-order valence-electron chi connectivity index (χ1n) is 4.78. The molecule has 0 spiro atoms. The Balaban J connectivity index is 3.31. The summed E-state index contributed by atoms with van der Waals surface area (Å²) in [6.07, 6.45) is 1.57. The molecule has 0 heterocycles. The van der Waals surface area contributed by atoms with Gasteiger partial charge < -0.3 is 9.47 Å². The lowest BCUT2D eigenvalue weighted by Crippen LogP contribution is -2.22. The van der Waals surface area contributed by atoms with Crippen LogP contribution in [0.1, 0.15) is 13.8 Å². The van der Waals surface area contributed by atoms with E-state index in [1.54, 1.807) is 13.2 Å². The Hall–Kier alpha value is -1.51. The number of carbonyl (C=O) groups excluding carboxylic acids is 1. The predicted molar refractivity (Wildman–Crippen MR) is 58.1 cm³/mol. The molecule has 1 atom stereocenters. The maximum absolute atomic E-state index is 11.9. The van der Waals surface area contributed by atoms with Crippen molar-refractivity contribution in [2.24, 2.45) is 5.92 Å². The highest BCUT2D eigenvalue weighted by Gasteiger charge is 2.31. The van der Waals surface area contributed by atoms with Gasteiger partial charge in [-0.2, -0.15) is 0 Å². The van der Waals surface area contributed by atoms with Crippen molar-refractivity contribution in [2.75, 3.05) is 14.2 Å². The zero-order chi connectivity index (χ0) is 11.6. The number of hydrogen-bond donors (Lipinski definition) is 0. The van der Waals surface area contributed by atoms with Crippen LogP contribution in [-0.2, 0) is 14.3 Å². The molecule has 0 radical (unpaired) electrons. The molecule has 0 aliphatic heterocycles. The fourth-order valence-electron chi connectivity index (χ4n) is 1.76. The molecule has 0 aromatic carbocycles. The molecule has 3 heteroatoms. The molecule has 1 aliphatic rings. The third-order valence-electron chi connectivity index (χ3n) is 2.77. The van der Waals surface area contributed by atoms with Crippen molar-refractivity contribution < 1.29 is 14.3 Å². The molecule has 0 N–H and O–H groups in total. The number of rotatable bonds is 3. The van der Waals surface area contributed by atoms with Crippen molar-refractivity contribution in [1.29, 1.82) is 0 Å². The maximum atomic E-state index is 11.9. The van der Waals surface area contributed by atoms with E-state index in [0.29, 0.717) is 11.3 Å². The maximum Gasteiger partial charge on any atom is 0.231 e. The second kappa shape index (κ2) is 4.34. The minimum atomic E-state index is -0.153. The second-order valence-corrected chi connectivity index (χ2v) is 3.45. The lowest BCUT2D eigenvalue weighted by atomic mass is 9.86. The topological polar surface area (TPSA) is 35.5 Å². The van der Waals surface area contributed by atoms with E-state index in [0.717, 1.165) is 5.57 Å². The van der Waals surface area contributed by atoms with Crippen LogP contribution in [0.5, 0.6) is 0 Å². The van der Waals surface area contributed by atoms with E-state index in [9.17, 15) is 4.79 Å². The highest BCUT2D eigenvalue weighted by Crippen LogP contribution is 2.33. The van der Waals surface area contributed by atoms with Crippen molar-refractivity contribution in [2.45, 2.75) is 13.8 Å². The smallest absolute Gasteiger partial charge is 0.231 e. The van der Waals surface area contributed by atoms with E-state index in [4.69, 9.17) is 9.47 Å². The van der Waals surface area contributed by atoms with E-state index in [1.807, 2.05) is 13.8 Å². The van der Waals surface area contributed by atoms with E-state index < -0.39 is 0 Å². The van der Waals surface area contributed by atoms with E-state index in [1.165, 1.54) is 7.11 Å². The number of Topliss-reactive ketones (excluding diaryl/α,β-unsaturated/α-hetero) is 1. The zero-order valence-corrected chi connectivity index (χ0v) is 9.59. The molecule has 0 saturated heterocycles. The van der Waals surface area contributed by atoms with Gasteiger partial charge in [0, 0.05) is 11.5 Å². The second-order valence-electron chi connectivity index (χ2n) is 3.45. The van der Waals surface area contributed by atoms with Crippen LogP contribution in [-0.4, -0.2) is 20.0 Å². The van der Waals surface area contributed by atoms with Gasteiger partial charge in [-0.15, -0.1) is 0 Å². The fraction of sp³-hybridized carbons (Fsp3) is 0.417. The summed E-state index contributed by atoms with van der Waals surface area (Å²) < 4.78 is 10.3. The highest BCUT2D eigenvalue weighted by molar-refractivity contribution is 6.10. The van der Waals surface area contributed by atoms with Crippen molar-refractivity contribution in [1.82, 2.24) is 0 Å². The first kappa shape index (κ1) is 11.6. The number of allylic oxidation sites excluding steroid dienone is 3. The first-order chi connectivity index (χ1) is 7.08. The van der Waals surface area contributed by atoms with Crippen LogP contribution >= 0.6 is 0 Å². The molecule has 0 bridgehead atoms. The SMILES string of the molecule is C=CC1=C(C)C(C)C(OC)=C(OC)C1=O. The van der Waals surface area contributed by atoms with Crippen molar-refractivity contribution in [3.63, 3.8) is 0 Å². The van der Waals surface area contributed by atoms with Crippen LogP contribution in [0.25, 0.3) is 0 Å². The number of ether oxygens (including phenoxy) is 2. The predicted octanol–water partition coefficient (Wildman–Crippen LogP) is 2.21. The Labute approximate surface area is 90.1 Å². The van der Waals surface area contributed by atoms with Gasteiger partial charge in [0.2, 0.25) is 11.5 Å². The number of carbonyl (C=O) groups is 1. The molecule has 82 valence electrons. The van der Waals surface area contributed by atoms with Crippen LogP contribution in [0, 0.1) is 5.92 Å². The van der Waals surface area contributed by atoms with Crippen molar-refractivity contribution in [3.8, 4) is 0 Å². The van der Waals surface area contributed by atoms with Gasteiger partial charge >= 0.3 is 0 Å². The van der Waals surface area contributed by atoms with Crippen molar-refractivity contribution in [3.05, 3.63) is 35.3 Å². The highest BCUT2D eigenvalue weighted by atomic mass is 16.5. The summed E-state index contributed by atoms with van der Waals surface area (Å²) in [6, 6.07) is 0. The summed E-state index contributed by atoms with van der Waals surface area (Å²) in [6.45, 7) is 7.52. The van der Waals surface area contributed by atoms with Crippen LogP contribution in [0.2, 0.25) is 0 Å². The molecule has 0 aromatic heterocycles. The van der Waals surface area contributed by atoms with Gasteiger partial charge in [-0.25, -0.2) is 0 Å². The molecule has 0 saturated carbocycles.